The van der Waals surface area contributed by atoms with Crippen LogP contribution in [0.25, 0.3) is 0 Å². The number of ether oxygens (including phenoxy) is 1. The fourth-order valence-corrected chi connectivity index (χ4v) is 6.83. The maximum atomic E-state index is 15.8. The lowest BCUT2D eigenvalue weighted by atomic mass is 9.81. The van der Waals surface area contributed by atoms with Crippen molar-refractivity contribution in [3.63, 3.8) is 0 Å². The summed E-state index contributed by atoms with van der Waals surface area (Å²) in [5.41, 5.74) is -2.88. The summed E-state index contributed by atoms with van der Waals surface area (Å²) in [6.07, 6.45) is 1.83. The maximum Gasteiger partial charge on any atom is 0.338 e. The summed E-state index contributed by atoms with van der Waals surface area (Å²) < 4.78 is 51.6. The highest BCUT2D eigenvalue weighted by atomic mass is 35.5. The molecule has 5 rings (SSSR count). The number of rotatable bonds is 10. The molecule has 2 saturated heterocycles. The van der Waals surface area contributed by atoms with Crippen molar-refractivity contribution in [2.24, 2.45) is 15.8 Å². The molecule has 0 spiro atoms. The predicted molar refractivity (Wildman–Crippen MR) is 156 cm³/mol. The standard InChI is InChI=1S/C29H31ClF3N5O5S/c1-4-43-25(40)21-19(35-23(24-34-7-8-44-24)36-22(21)16-5-6-17(30)18(31)9-16)10-38-14-29(32,33)28(15-39)13-37(11-20(28)38)12-27(2,3)26(41)42/h5-9,15,20,22H,4,10-14H2,1-3H3,(H,35,36)(H,41,42)/t20-,22+,28?/m0/s1. The molecule has 0 radical (unpaired) electrons. The number of carboxylic acids is 1. The lowest BCUT2D eigenvalue weighted by molar-refractivity contribution is -0.148. The summed E-state index contributed by atoms with van der Waals surface area (Å²) in [6.45, 7) is 3.23. The van der Waals surface area contributed by atoms with E-state index < -0.39 is 53.1 Å². The molecule has 0 bridgehead atoms. The number of halogens is 4. The number of carbonyl (C=O) groups excluding carboxylic acids is 2. The number of aliphatic carboxylic acids is 1. The highest BCUT2D eigenvalue weighted by Gasteiger charge is 2.69. The first kappa shape index (κ1) is 32.1. The van der Waals surface area contributed by atoms with Gasteiger partial charge in [-0.1, -0.05) is 17.7 Å². The molecule has 0 aliphatic carbocycles. The minimum Gasteiger partial charge on any atom is -0.481 e. The van der Waals surface area contributed by atoms with Gasteiger partial charge in [0, 0.05) is 49.5 Å². The van der Waals surface area contributed by atoms with Gasteiger partial charge in [-0.05, 0) is 38.5 Å². The molecule has 2 aromatic rings. The number of hydrogen-bond donors (Lipinski definition) is 2. The number of nitrogens with zero attached hydrogens (tertiary/aromatic N) is 4. The number of carboxylic acid groups (broad SMARTS) is 1. The average molecular weight is 654 g/mol. The molecule has 10 nitrogen and oxygen atoms in total. The number of alkyl halides is 2. The van der Waals surface area contributed by atoms with Crippen molar-refractivity contribution in [2.45, 2.75) is 38.8 Å². The molecule has 3 aliphatic rings. The highest BCUT2D eigenvalue weighted by molar-refractivity contribution is 7.11. The maximum absolute atomic E-state index is 15.8. The Morgan fingerprint density at radius 2 is 2.07 bits per heavy atom. The van der Waals surface area contributed by atoms with Gasteiger partial charge in [-0.2, -0.15) is 0 Å². The van der Waals surface area contributed by atoms with Crippen molar-refractivity contribution in [1.82, 2.24) is 20.1 Å². The third-order valence-electron chi connectivity index (χ3n) is 8.32. The van der Waals surface area contributed by atoms with E-state index in [0.717, 1.165) is 6.07 Å². The largest absolute Gasteiger partial charge is 0.481 e. The first-order chi connectivity index (χ1) is 20.7. The molecule has 1 unspecified atom stereocenters. The quantitative estimate of drug-likeness (QED) is 0.291. The molecule has 3 atom stereocenters. The van der Waals surface area contributed by atoms with Gasteiger partial charge in [-0.15, -0.1) is 11.3 Å². The van der Waals surface area contributed by atoms with E-state index >= 15 is 8.78 Å². The van der Waals surface area contributed by atoms with E-state index in [1.165, 1.54) is 42.2 Å². The number of benzene rings is 1. The van der Waals surface area contributed by atoms with Crippen LogP contribution in [0.3, 0.4) is 0 Å². The van der Waals surface area contributed by atoms with Crippen LogP contribution in [-0.2, 0) is 19.1 Å². The molecular formula is C29H31ClF3N5O5S. The van der Waals surface area contributed by atoms with Crippen molar-refractivity contribution >= 4 is 47.0 Å². The molecule has 2 N–H and O–H groups in total. The topological polar surface area (TPSA) is 124 Å². The second-order valence-corrected chi connectivity index (χ2v) is 13.1. The number of hydrogen-bond acceptors (Lipinski definition) is 10. The Labute approximate surface area is 260 Å². The number of esters is 1. The van der Waals surface area contributed by atoms with Gasteiger partial charge in [0.25, 0.3) is 5.92 Å². The van der Waals surface area contributed by atoms with E-state index in [-0.39, 0.29) is 66.8 Å². The number of likely N-dealkylation sites (tertiary alicyclic amines) is 2. The van der Waals surface area contributed by atoms with E-state index in [4.69, 9.17) is 16.3 Å². The summed E-state index contributed by atoms with van der Waals surface area (Å²) in [6, 6.07) is 1.91. The summed E-state index contributed by atoms with van der Waals surface area (Å²) in [5, 5.41) is 14.7. The van der Waals surface area contributed by atoms with Crippen LogP contribution in [0.15, 0.2) is 46.0 Å². The number of amidine groups is 1. The van der Waals surface area contributed by atoms with Gasteiger partial charge in [0.2, 0.25) is 0 Å². The number of thiazole rings is 1. The van der Waals surface area contributed by atoms with Gasteiger partial charge in [-0.25, -0.2) is 22.9 Å². The number of nitrogens with one attached hydrogen (secondary N) is 1. The monoisotopic (exact) mass is 653 g/mol. The molecule has 4 heterocycles. The minimum absolute atomic E-state index is 0.00626. The molecule has 1 aromatic carbocycles. The van der Waals surface area contributed by atoms with Gasteiger partial charge in [0.15, 0.2) is 10.8 Å². The number of aliphatic imine (C=N–C) groups is 1. The number of aldehydes is 1. The van der Waals surface area contributed by atoms with Gasteiger partial charge >= 0.3 is 11.9 Å². The van der Waals surface area contributed by atoms with E-state index in [0.29, 0.717) is 5.01 Å². The Kier molecular flexibility index (Phi) is 8.66. The Bertz CT molecular complexity index is 1540. The van der Waals surface area contributed by atoms with Crippen molar-refractivity contribution in [2.75, 3.05) is 39.3 Å². The van der Waals surface area contributed by atoms with Crippen LogP contribution >= 0.6 is 22.9 Å². The van der Waals surface area contributed by atoms with Crippen molar-refractivity contribution in [3.8, 4) is 0 Å². The lowest BCUT2D eigenvalue weighted by Crippen LogP contribution is -2.47. The molecule has 44 heavy (non-hydrogen) atoms. The van der Waals surface area contributed by atoms with Crippen LogP contribution in [0, 0.1) is 16.6 Å². The van der Waals surface area contributed by atoms with Crippen LogP contribution in [0.2, 0.25) is 5.02 Å². The number of fused-ring (bicyclic) bond motifs is 1. The number of aromatic nitrogens is 1. The van der Waals surface area contributed by atoms with Crippen LogP contribution in [-0.4, -0.2) is 95.2 Å². The van der Waals surface area contributed by atoms with E-state index in [1.807, 2.05) is 0 Å². The van der Waals surface area contributed by atoms with E-state index in [2.05, 4.69) is 15.3 Å². The summed E-state index contributed by atoms with van der Waals surface area (Å²) in [4.78, 5) is 49.6. The van der Waals surface area contributed by atoms with Gasteiger partial charge in [-0.3, -0.25) is 19.6 Å². The molecule has 3 aliphatic heterocycles. The van der Waals surface area contributed by atoms with Crippen LogP contribution in [0.1, 0.15) is 37.4 Å². The zero-order valence-electron chi connectivity index (χ0n) is 24.2. The lowest BCUT2D eigenvalue weighted by Gasteiger charge is -2.32. The van der Waals surface area contributed by atoms with Crippen molar-refractivity contribution in [1.29, 1.82) is 0 Å². The smallest absolute Gasteiger partial charge is 0.338 e. The van der Waals surface area contributed by atoms with Crippen LogP contribution < -0.4 is 5.32 Å². The van der Waals surface area contributed by atoms with Crippen molar-refractivity contribution < 1.29 is 37.4 Å². The fraction of sp³-hybridized carbons (Fsp3) is 0.483. The SMILES string of the molecule is CCOC(=O)C1=C(CN2CC(F)(F)C3(C=O)CN(CC(C)(C)C(=O)O)C[C@H]23)NC(c2nccs2)=N[C@@H]1c1ccc(Cl)c(F)c1. The highest BCUT2D eigenvalue weighted by Crippen LogP contribution is 2.51. The van der Waals surface area contributed by atoms with E-state index in [9.17, 15) is 23.9 Å². The predicted octanol–water partition coefficient (Wildman–Crippen LogP) is 3.78. The Morgan fingerprint density at radius 1 is 1.32 bits per heavy atom. The first-order valence-electron chi connectivity index (χ1n) is 13.9. The molecule has 2 fully saturated rings. The Hall–Kier alpha value is -3.33. The fourth-order valence-electron chi connectivity index (χ4n) is 6.12. The minimum atomic E-state index is -3.45. The Balaban J connectivity index is 1.58. The third kappa shape index (κ3) is 5.64. The summed E-state index contributed by atoms with van der Waals surface area (Å²) in [5.74, 6) is -5.81. The zero-order valence-corrected chi connectivity index (χ0v) is 25.7. The van der Waals surface area contributed by atoms with Crippen LogP contribution in [0.5, 0.6) is 0 Å². The van der Waals surface area contributed by atoms with Gasteiger partial charge in [0.05, 0.1) is 29.2 Å². The number of carbonyl (C=O) groups is 3. The normalized spacial score (nSPS) is 25.4. The van der Waals surface area contributed by atoms with Gasteiger partial charge in [0.1, 0.15) is 23.6 Å². The molecule has 1 aromatic heterocycles. The van der Waals surface area contributed by atoms with Crippen molar-refractivity contribution in [3.05, 3.63) is 62.5 Å². The first-order valence-corrected chi connectivity index (χ1v) is 15.1. The van der Waals surface area contributed by atoms with Crippen LogP contribution in [0.4, 0.5) is 13.2 Å². The Morgan fingerprint density at radius 3 is 2.68 bits per heavy atom. The molecule has 236 valence electrons. The second kappa shape index (κ2) is 11.9. The molecule has 0 saturated carbocycles. The molecule has 15 heteroatoms. The average Bonchev–Trinajstić information content (AvgIpc) is 3.66. The van der Waals surface area contributed by atoms with Gasteiger partial charge < -0.3 is 20.0 Å². The van der Waals surface area contributed by atoms with E-state index in [1.54, 1.807) is 23.4 Å². The molecule has 0 amide bonds. The summed E-state index contributed by atoms with van der Waals surface area (Å²) in [7, 11) is 0. The third-order valence-corrected chi connectivity index (χ3v) is 9.41. The zero-order chi connectivity index (χ0) is 32.0. The molecular weight excluding hydrogens is 623 g/mol. The second-order valence-electron chi connectivity index (χ2n) is 11.8. The summed E-state index contributed by atoms with van der Waals surface area (Å²) >= 11 is 7.17.